The van der Waals surface area contributed by atoms with Crippen molar-refractivity contribution < 1.29 is 4.79 Å². The zero-order valence-electron chi connectivity index (χ0n) is 14.9. The fourth-order valence-electron chi connectivity index (χ4n) is 3.40. The molecule has 2 aromatic carbocycles. The summed E-state index contributed by atoms with van der Waals surface area (Å²) in [7, 11) is 0. The Hall–Kier alpha value is -1.95. The molecule has 1 amide bonds. The standard InChI is InChI=1S/C20H21N3OS.ClH/c1-3-23-9-8-14-10-16(18(21-13(2)24)11-15(14)12-23)20-22-17-6-4-5-7-19(17)25-20;/h4-7,10-11H,3,8-9,12H2,1-2H3,(H,21,24);1H. The van der Waals surface area contributed by atoms with Crippen molar-refractivity contribution in [1.29, 1.82) is 0 Å². The summed E-state index contributed by atoms with van der Waals surface area (Å²) in [6.45, 7) is 6.82. The van der Waals surface area contributed by atoms with E-state index in [1.165, 1.54) is 15.8 Å². The van der Waals surface area contributed by atoms with Gasteiger partial charge in [-0.2, -0.15) is 0 Å². The van der Waals surface area contributed by atoms with Crippen molar-refractivity contribution in [1.82, 2.24) is 9.88 Å². The number of anilines is 1. The molecule has 136 valence electrons. The van der Waals surface area contributed by atoms with Crippen LogP contribution < -0.4 is 5.32 Å². The lowest BCUT2D eigenvalue weighted by Gasteiger charge is -2.28. The van der Waals surface area contributed by atoms with Gasteiger partial charge < -0.3 is 5.32 Å². The number of carbonyl (C=O) groups is 1. The van der Waals surface area contributed by atoms with Crippen molar-refractivity contribution in [2.45, 2.75) is 26.8 Å². The topological polar surface area (TPSA) is 45.2 Å². The number of rotatable bonds is 3. The molecule has 0 bridgehead atoms. The number of fused-ring (bicyclic) bond motifs is 2. The Kier molecular flexibility index (Phi) is 5.61. The number of halogens is 1. The van der Waals surface area contributed by atoms with E-state index in [9.17, 15) is 4.79 Å². The molecule has 1 aliphatic heterocycles. The third kappa shape index (κ3) is 3.61. The van der Waals surface area contributed by atoms with E-state index in [0.29, 0.717) is 0 Å². The van der Waals surface area contributed by atoms with Gasteiger partial charge in [-0.15, -0.1) is 23.7 Å². The number of likely N-dealkylation sites (N-methyl/N-ethyl adjacent to an activating group) is 1. The van der Waals surface area contributed by atoms with Crippen LogP contribution in [0.1, 0.15) is 25.0 Å². The molecule has 3 aromatic rings. The third-order valence-corrected chi connectivity index (χ3v) is 5.78. The maximum atomic E-state index is 11.7. The van der Waals surface area contributed by atoms with Gasteiger partial charge in [0.1, 0.15) is 5.01 Å². The average molecular weight is 388 g/mol. The summed E-state index contributed by atoms with van der Waals surface area (Å²) in [5.74, 6) is -0.0505. The molecule has 0 radical (unpaired) electrons. The van der Waals surface area contributed by atoms with E-state index >= 15 is 0 Å². The molecule has 1 aromatic heterocycles. The van der Waals surface area contributed by atoms with Crippen LogP contribution in [0, 0.1) is 0 Å². The van der Waals surface area contributed by atoms with Gasteiger partial charge in [-0.3, -0.25) is 9.69 Å². The maximum Gasteiger partial charge on any atom is 0.221 e. The first-order chi connectivity index (χ1) is 12.1. The predicted molar refractivity (Wildman–Crippen MR) is 111 cm³/mol. The third-order valence-electron chi connectivity index (χ3n) is 4.71. The molecule has 1 aliphatic rings. The minimum atomic E-state index is -0.0505. The lowest BCUT2D eigenvalue weighted by Crippen LogP contribution is -2.30. The average Bonchev–Trinajstić information content (AvgIpc) is 3.04. The smallest absolute Gasteiger partial charge is 0.221 e. The molecule has 0 saturated heterocycles. The first-order valence-electron chi connectivity index (χ1n) is 8.65. The Morgan fingerprint density at radius 3 is 2.81 bits per heavy atom. The van der Waals surface area contributed by atoms with Crippen molar-refractivity contribution in [2.24, 2.45) is 0 Å². The van der Waals surface area contributed by atoms with Crippen LogP contribution in [0.15, 0.2) is 36.4 Å². The van der Waals surface area contributed by atoms with Gasteiger partial charge >= 0.3 is 0 Å². The highest BCUT2D eigenvalue weighted by atomic mass is 35.5. The molecular weight excluding hydrogens is 366 g/mol. The van der Waals surface area contributed by atoms with Gasteiger partial charge in [0, 0.05) is 25.6 Å². The van der Waals surface area contributed by atoms with E-state index < -0.39 is 0 Å². The Labute approximate surface area is 163 Å². The summed E-state index contributed by atoms with van der Waals surface area (Å²) in [5, 5.41) is 3.97. The SMILES string of the molecule is CCN1CCc2cc(-c3nc4ccccc4s3)c(NC(C)=O)cc2C1.Cl. The Morgan fingerprint density at radius 2 is 2.08 bits per heavy atom. The van der Waals surface area contributed by atoms with Crippen LogP contribution in [0.5, 0.6) is 0 Å². The van der Waals surface area contributed by atoms with Crippen LogP contribution in [0.2, 0.25) is 0 Å². The number of nitrogens with zero attached hydrogens (tertiary/aromatic N) is 2. The molecule has 0 atom stereocenters. The fourth-order valence-corrected chi connectivity index (χ4v) is 4.39. The Balaban J connectivity index is 0.00000196. The summed E-state index contributed by atoms with van der Waals surface area (Å²) >= 11 is 1.67. The van der Waals surface area contributed by atoms with Gasteiger partial charge in [0.2, 0.25) is 5.91 Å². The van der Waals surface area contributed by atoms with Crippen LogP contribution in [0.25, 0.3) is 20.8 Å². The zero-order chi connectivity index (χ0) is 17.4. The van der Waals surface area contributed by atoms with Crippen LogP contribution in [0.4, 0.5) is 5.69 Å². The molecule has 4 nitrogen and oxygen atoms in total. The molecule has 0 fully saturated rings. The van der Waals surface area contributed by atoms with E-state index in [1.54, 1.807) is 18.3 Å². The number of benzene rings is 2. The number of nitrogens with one attached hydrogen (secondary N) is 1. The highest BCUT2D eigenvalue weighted by molar-refractivity contribution is 7.21. The number of thiazole rings is 1. The fraction of sp³-hybridized carbons (Fsp3) is 0.300. The lowest BCUT2D eigenvalue weighted by molar-refractivity contribution is -0.114. The van der Waals surface area contributed by atoms with Crippen molar-refractivity contribution in [3.8, 4) is 10.6 Å². The summed E-state index contributed by atoms with van der Waals surface area (Å²) in [6, 6.07) is 12.5. The summed E-state index contributed by atoms with van der Waals surface area (Å²) in [6.07, 6.45) is 1.04. The van der Waals surface area contributed by atoms with Gasteiger partial charge in [-0.25, -0.2) is 4.98 Å². The first-order valence-corrected chi connectivity index (χ1v) is 9.47. The number of amides is 1. The second-order valence-electron chi connectivity index (χ2n) is 6.45. The molecule has 0 aliphatic carbocycles. The monoisotopic (exact) mass is 387 g/mol. The lowest BCUT2D eigenvalue weighted by atomic mass is 9.96. The van der Waals surface area contributed by atoms with E-state index in [4.69, 9.17) is 4.98 Å². The predicted octanol–water partition coefficient (Wildman–Crippen LogP) is 4.72. The van der Waals surface area contributed by atoms with E-state index in [1.807, 2.05) is 18.2 Å². The van der Waals surface area contributed by atoms with Crippen LogP contribution in [-0.2, 0) is 17.8 Å². The molecule has 4 rings (SSSR count). The normalized spacial score (nSPS) is 13.9. The van der Waals surface area contributed by atoms with Gasteiger partial charge in [0.15, 0.2) is 0 Å². The van der Waals surface area contributed by atoms with Crippen LogP contribution in [-0.4, -0.2) is 28.9 Å². The number of hydrogen-bond acceptors (Lipinski definition) is 4. The minimum absolute atomic E-state index is 0. The van der Waals surface area contributed by atoms with Crippen molar-refractivity contribution in [3.05, 3.63) is 47.5 Å². The minimum Gasteiger partial charge on any atom is -0.326 e. The van der Waals surface area contributed by atoms with Crippen LogP contribution in [0.3, 0.4) is 0 Å². The molecule has 26 heavy (non-hydrogen) atoms. The number of aromatic nitrogens is 1. The summed E-state index contributed by atoms with van der Waals surface area (Å²) in [5.41, 5.74) is 5.57. The molecule has 0 unspecified atom stereocenters. The van der Waals surface area contributed by atoms with Crippen LogP contribution >= 0.6 is 23.7 Å². The second kappa shape index (κ2) is 7.74. The highest BCUT2D eigenvalue weighted by Crippen LogP contribution is 2.37. The maximum absolute atomic E-state index is 11.7. The van der Waals surface area contributed by atoms with Gasteiger partial charge in [0.05, 0.1) is 15.9 Å². The van der Waals surface area contributed by atoms with E-state index in [2.05, 4.69) is 35.3 Å². The van der Waals surface area contributed by atoms with Crippen molar-refractivity contribution in [2.75, 3.05) is 18.4 Å². The second-order valence-corrected chi connectivity index (χ2v) is 7.48. The van der Waals surface area contributed by atoms with E-state index in [-0.39, 0.29) is 18.3 Å². The first kappa shape index (κ1) is 18.8. The Bertz CT molecular complexity index is 920. The van der Waals surface area contributed by atoms with E-state index in [0.717, 1.165) is 47.8 Å². The largest absolute Gasteiger partial charge is 0.326 e. The van der Waals surface area contributed by atoms with Gasteiger partial charge in [-0.1, -0.05) is 19.1 Å². The van der Waals surface area contributed by atoms with Crippen molar-refractivity contribution >= 4 is 45.6 Å². The molecule has 6 heteroatoms. The van der Waals surface area contributed by atoms with Crippen molar-refractivity contribution in [3.63, 3.8) is 0 Å². The van der Waals surface area contributed by atoms with Gasteiger partial charge in [0.25, 0.3) is 0 Å². The van der Waals surface area contributed by atoms with Gasteiger partial charge in [-0.05, 0) is 48.4 Å². The molecule has 1 N–H and O–H groups in total. The molecule has 0 saturated carbocycles. The quantitative estimate of drug-likeness (QED) is 0.707. The summed E-state index contributed by atoms with van der Waals surface area (Å²) in [4.78, 5) is 18.9. The number of para-hydroxylation sites is 1. The molecule has 0 spiro atoms. The Morgan fingerprint density at radius 1 is 1.27 bits per heavy atom. The zero-order valence-corrected chi connectivity index (χ0v) is 16.5. The molecular formula is C20H22ClN3OS. The highest BCUT2D eigenvalue weighted by Gasteiger charge is 2.20. The number of hydrogen-bond donors (Lipinski definition) is 1. The summed E-state index contributed by atoms with van der Waals surface area (Å²) < 4.78 is 1.17. The molecule has 2 heterocycles. The number of carbonyl (C=O) groups excluding carboxylic acids is 1.